The van der Waals surface area contributed by atoms with Gasteiger partial charge in [-0.2, -0.15) is 0 Å². The first-order chi connectivity index (χ1) is 29.9. The fraction of sp³-hybridized carbons (Fsp3) is 0.172. The minimum Gasteiger partial charge on any atom is -0.455 e. The van der Waals surface area contributed by atoms with Crippen molar-refractivity contribution in [3.05, 3.63) is 186 Å². The van der Waals surface area contributed by atoms with Crippen molar-refractivity contribution in [2.75, 3.05) is 9.71 Å². The summed E-state index contributed by atoms with van der Waals surface area (Å²) in [5.74, 6) is 0. The topological polar surface area (TPSA) is 19.6 Å². The van der Waals surface area contributed by atoms with Crippen LogP contribution in [-0.4, -0.2) is 6.85 Å². The fourth-order valence-electron chi connectivity index (χ4n) is 12.0. The second-order valence-electron chi connectivity index (χ2n) is 20.1. The quantitative estimate of drug-likeness (QED) is 0.162. The molecule has 13 rings (SSSR count). The van der Waals surface area contributed by atoms with Gasteiger partial charge in [0.25, 0.3) is 0 Å². The third kappa shape index (κ3) is 4.47. The van der Waals surface area contributed by atoms with Crippen molar-refractivity contribution in [3.63, 3.8) is 0 Å². The maximum Gasteiger partial charge on any atom is 0.333 e. The molecular formula is C58H47BN2O. The Morgan fingerprint density at radius 1 is 0.516 bits per heavy atom. The Bertz CT molecular complexity index is 3420. The zero-order valence-corrected chi connectivity index (χ0v) is 36.4. The fourth-order valence-corrected chi connectivity index (χ4v) is 12.0. The van der Waals surface area contributed by atoms with Crippen molar-refractivity contribution in [3.8, 4) is 33.4 Å². The van der Waals surface area contributed by atoms with Gasteiger partial charge in [-0.25, -0.2) is 0 Å². The standard InChI is InChI=1S/C58H47BN2O/c1-56(2,3)35-28-31-46(40(32-35)34-18-9-8-10-19-34)60-48-33-41-37-21-12-16-27-49(37)62-55(41)50-39-22-17-25-44-53(39)61(47-26-15-14-24-43(47)57(44,4)5)59(52(48)50)45-30-29-38-36-20-11-13-23-42(36)58(6,7)51(38)54(45)60/h8-33H,1-7H3. The Balaban J connectivity index is 1.25. The Hall–Kier alpha value is -6.78. The maximum atomic E-state index is 7.12. The Labute approximate surface area is 364 Å². The van der Waals surface area contributed by atoms with Crippen LogP contribution in [0.5, 0.6) is 0 Å². The average Bonchev–Trinajstić information content (AvgIpc) is 3.77. The zero-order chi connectivity index (χ0) is 42.0. The third-order valence-electron chi connectivity index (χ3n) is 14.9. The van der Waals surface area contributed by atoms with Crippen LogP contribution in [0.15, 0.2) is 162 Å². The molecule has 8 aromatic carbocycles. The number of benzene rings is 8. The lowest BCUT2D eigenvalue weighted by Crippen LogP contribution is -2.63. The minimum absolute atomic E-state index is 0.0392. The first-order valence-electron chi connectivity index (χ1n) is 22.2. The van der Waals surface area contributed by atoms with E-state index in [1.165, 1.54) is 101 Å². The van der Waals surface area contributed by atoms with Crippen LogP contribution >= 0.6 is 0 Å². The molecule has 1 aliphatic carbocycles. The molecule has 62 heavy (non-hydrogen) atoms. The van der Waals surface area contributed by atoms with Crippen LogP contribution in [0.1, 0.15) is 76.3 Å². The second kappa shape index (κ2) is 12.0. The van der Waals surface area contributed by atoms with Gasteiger partial charge in [0, 0.05) is 61.0 Å². The molecule has 0 amide bonds. The van der Waals surface area contributed by atoms with Crippen molar-refractivity contribution >= 4 is 68.1 Å². The molecule has 0 spiro atoms. The summed E-state index contributed by atoms with van der Waals surface area (Å²) < 4.78 is 7.12. The van der Waals surface area contributed by atoms with Gasteiger partial charge in [-0.1, -0.05) is 176 Å². The van der Waals surface area contributed by atoms with E-state index in [1.54, 1.807) is 0 Å². The van der Waals surface area contributed by atoms with Crippen molar-refractivity contribution < 1.29 is 4.42 Å². The van der Waals surface area contributed by atoms with Gasteiger partial charge in [-0.15, -0.1) is 0 Å². The van der Waals surface area contributed by atoms with E-state index in [0.717, 1.165) is 21.9 Å². The molecule has 0 radical (unpaired) electrons. The molecule has 0 N–H and O–H groups in total. The molecular weight excluding hydrogens is 751 g/mol. The highest BCUT2D eigenvalue weighted by Crippen LogP contribution is 2.60. The lowest BCUT2D eigenvalue weighted by Gasteiger charge is -2.51. The third-order valence-corrected chi connectivity index (χ3v) is 14.9. The predicted molar refractivity (Wildman–Crippen MR) is 261 cm³/mol. The van der Waals surface area contributed by atoms with E-state index in [0.29, 0.717) is 0 Å². The van der Waals surface area contributed by atoms with Gasteiger partial charge >= 0.3 is 6.85 Å². The normalized spacial score (nSPS) is 15.8. The van der Waals surface area contributed by atoms with E-state index in [9.17, 15) is 0 Å². The molecule has 0 saturated carbocycles. The van der Waals surface area contributed by atoms with E-state index in [2.05, 4.69) is 216 Å². The number of rotatable bonds is 2. The predicted octanol–water partition coefficient (Wildman–Crippen LogP) is 14.2. The lowest BCUT2D eigenvalue weighted by molar-refractivity contribution is 0.590. The highest BCUT2D eigenvalue weighted by atomic mass is 16.3. The maximum absolute atomic E-state index is 7.12. The summed E-state index contributed by atoms with van der Waals surface area (Å²) in [7, 11) is 0. The Morgan fingerprint density at radius 3 is 2.05 bits per heavy atom. The molecule has 0 fully saturated rings. The summed E-state index contributed by atoms with van der Waals surface area (Å²) in [5.41, 5.74) is 24.4. The van der Waals surface area contributed by atoms with Crippen molar-refractivity contribution in [2.45, 2.75) is 64.7 Å². The Morgan fingerprint density at radius 2 is 1.23 bits per heavy atom. The van der Waals surface area contributed by atoms with Gasteiger partial charge in [0.1, 0.15) is 11.2 Å². The molecule has 4 aliphatic rings. The van der Waals surface area contributed by atoms with Crippen LogP contribution in [0.4, 0.5) is 28.4 Å². The summed E-state index contributed by atoms with van der Waals surface area (Å²) in [4.78, 5) is 5.39. The van der Waals surface area contributed by atoms with Crippen molar-refractivity contribution in [1.82, 2.24) is 0 Å². The summed E-state index contributed by atoms with van der Waals surface area (Å²) in [5, 5.41) is 2.28. The number of hydrogen-bond donors (Lipinski definition) is 0. The van der Waals surface area contributed by atoms with Crippen LogP contribution in [0.25, 0.3) is 55.3 Å². The first kappa shape index (κ1) is 35.9. The molecule has 0 unspecified atom stereocenters. The molecule has 4 heterocycles. The van der Waals surface area contributed by atoms with Gasteiger partial charge in [0.2, 0.25) is 0 Å². The number of fused-ring (bicyclic) bond motifs is 14. The van der Waals surface area contributed by atoms with Gasteiger partial charge in [0.15, 0.2) is 0 Å². The lowest BCUT2D eigenvalue weighted by atomic mass is 9.42. The SMILES string of the molecule is CC(C)(C)c1ccc(N2c3cc4c(oc5ccccc54)c4c3B(c3ccc5c(c32)C(C)(C)c2ccccc2-5)N2c3ccccc3C(C)(C)c3cccc-4c32)c(-c2ccccc2)c1. The highest BCUT2D eigenvalue weighted by molar-refractivity contribution is 6.94. The van der Waals surface area contributed by atoms with E-state index in [-0.39, 0.29) is 23.1 Å². The van der Waals surface area contributed by atoms with E-state index >= 15 is 0 Å². The van der Waals surface area contributed by atoms with Crippen molar-refractivity contribution in [1.29, 1.82) is 0 Å². The molecule has 4 heteroatoms. The Kier molecular flexibility index (Phi) is 6.94. The summed E-state index contributed by atoms with van der Waals surface area (Å²) in [6, 6.07) is 59.5. The largest absolute Gasteiger partial charge is 0.455 e. The van der Waals surface area contributed by atoms with E-state index < -0.39 is 0 Å². The molecule has 0 atom stereocenters. The number of hydrogen-bond acceptors (Lipinski definition) is 3. The van der Waals surface area contributed by atoms with Crippen LogP contribution in [-0.2, 0) is 16.2 Å². The molecule has 0 bridgehead atoms. The number of nitrogens with zero attached hydrogens (tertiary/aromatic N) is 2. The first-order valence-corrected chi connectivity index (χ1v) is 22.2. The second-order valence-corrected chi connectivity index (χ2v) is 20.1. The molecule has 298 valence electrons. The molecule has 9 aromatic rings. The van der Waals surface area contributed by atoms with Gasteiger partial charge in [-0.05, 0) is 91.2 Å². The molecule has 3 aliphatic heterocycles. The zero-order valence-electron chi connectivity index (χ0n) is 36.4. The highest BCUT2D eigenvalue weighted by Gasteiger charge is 2.53. The average molecular weight is 799 g/mol. The number of furan rings is 1. The summed E-state index contributed by atoms with van der Waals surface area (Å²) in [6.07, 6.45) is 0. The van der Waals surface area contributed by atoms with Crippen LogP contribution < -0.4 is 20.6 Å². The summed E-state index contributed by atoms with van der Waals surface area (Å²) in [6.45, 7) is 16.5. The van der Waals surface area contributed by atoms with Gasteiger partial charge < -0.3 is 14.1 Å². The van der Waals surface area contributed by atoms with E-state index in [4.69, 9.17) is 4.42 Å². The number of para-hydroxylation sites is 3. The van der Waals surface area contributed by atoms with Crippen molar-refractivity contribution in [2.24, 2.45) is 0 Å². The van der Waals surface area contributed by atoms with Crippen LogP contribution in [0.3, 0.4) is 0 Å². The molecule has 0 saturated heterocycles. The monoisotopic (exact) mass is 798 g/mol. The number of anilines is 5. The minimum atomic E-state index is -0.278. The van der Waals surface area contributed by atoms with Crippen LogP contribution in [0.2, 0.25) is 0 Å². The van der Waals surface area contributed by atoms with E-state index in [1.807, 2.05) is 0 Å². The van der Waals surface area contributed by atoms with Gasteiger partial charge in [0.05, 0.1) is 5.69 Å². The molecule has 3 nitrogen and oxygen atoms in total. The smallest absolute Gasteiger partial charge is 0.333 e. The van der Waals surface area contributed by atoms with Crippen LogP contribution in [0, 0.1) is 0 Å². The summed E-state index contributed by atoms with van der Waals surface area (Å²) >= 11 is 0. The van der Waals surface area contributed by atoms with Gasteiger partial charge in [-0.3, -0.25) is 0 Å². The molecule has 1 aromatic heterocycles.